The minimum absolute atomic E-state index is 0.231. The summed E-state index contributed by atoms with van der Waals surface area (Å²) >= 11 is 3.53. The van der Waals surface area contributed by atoms with E-state index in [1.807, 2.05) is 6.20 Å². The maximum absolute atomic E-state index is 4.66. The third-order valence-electron chi connectivity index (χ3n) is 5.49. The van der Waals surface area contributed by atoms with Crippen molar-refractivity contribution in [2.75, 3.05) is 25.0 Å². The molecule has 1 aromatic heterocycles. The third kappa shape index (κ3) is 2.76. The number of halogens is 1. The number of hydrogen-bond donors (Lipinski definition) is 2. The summed E-state index contributed by atoms with van der Waals surface area (Å²) in [4.78, 5) is 11.7. The Morgan fingerprint density at radius 2 is 2.17 bits per heavy atom. The van der Waals surface area contributed by atoms with Crippen molar-refractivity contribution < 1.29 is 0 Å². The zero-order valence-corrected chi connectivity index (χ0v) is 15.4. The van der Waals surface area contributed by atoms with Crippen LogP contribution in [0.5, 0.6) is 0 Å². The van der Waals surface area contributed by atoms with E-state index in [-0.39, 0.29) is 5.54 Å². The van der Waals surface area contributed by atoms with Gasteiger partial charge in [-0.15, -0.1) is 0 Å². The van der Waals surface area contributed by atoms with Gasteiger partial charge in [-0.3, -0.25) is 0 Å². The summed E-state index contributed by atoms with van der Waals surface area (Å²) in [5, 5.41) is 7.15. The predicted octanol–water partition coefficient (Wildman–Crippen LogP) is 3.07. The zero-order valence-electron chi connectivity index (χ0n) is 13.8. The van der Waals surface area contributed by atoms with E-state index in [4.69, 9.17) is 0 Å². The second-order valence-corrected chi connectivity index (χ2v) is 8.21. The van der Waals surface area contributed by atoms with Gasteiger partial charge in [0.2, 0.25) is 5.95 Å². The molecule has 0 radical (unpaired) electrons. The fourth-order valence-electron chi connectivity index (χ4n) is 4.25. The summed E-state index contributed by atoms with van der Waals surface area (Å²) in [6.07, 6.45) is 7.86. The van der Waals surface area contributed by atoms with E-state index in [1.165, 1.54) is 25.9 Å². The lowest BCUT2D eigenvalue weighted by atomic mass is 9.72. The van der Waals surface area contributed by atoms with Crippen LogP contribution >= 0.6 is 15.9 Å². The first-order valence-corrected chi connectivity index (χ1v) is 9.35. The van der Waals surface area contributed by atoms with Gasteiger partial charge in [0.25, 0.3) is 0 Å². The second kappa shape index (κ2) is 5.74. The Morgan fingerprint density at radius 3 is 2.83 bits per heavy atom. The summed E-state index contributed by atoms with van der Waals surface area (Å²) in [6, 6.07) is 0. The molecular formula is C17H24BrN5. The van der Waals surface area contributed by atoms with Crippen molar-refractivity contribution in [1.82, 2.24) is 20.2 Å². The van der Waals surface area contributed by atoms with Crippen LogP contribution in [-0.4, -0.2) is 40.0 Å². The first kappa shape index (κ1) is 15.4. The summed E-state index contributed by atoms with van der Waals surface area (Å²) in [5.74, 6) is 2.90. The molecule has 0 amide bonds. The van der Waals surface area contributed by atoms with Crippen LogP contribution in [0.1, 0.15) is 44.7 Å². The molecule has 4 aliphatic heterocycles. The number of nitrogens with one attached hydrogen (secondary N) is 2. The van der Waals surface area contributed by atoms with Gasteiger partial charge < -0.3 is 15.5 Å². The molecule has 5 nitrogen and oxygen atoms in total. The summed E-state index contributed by atoms with van der Waals surface area (Å²) in [7, 11) is 0. The molecule has 23 heavy (non-hydrogen) atoms. The standard InChI is InChI=1S/C17H24BrN5/c1-11(2)15-13(18)9-19-16(21-15)20-14-3-6-17(22-14)10-23-7-4-12(17)5-8-23/h3,9,11-12,22H,4-8,10H2,1-2H3,(H,19,20,21)/t17-/m0/s1. The van der Waals surface area contributed by atoms with Crippen molar-refractivity contribution in [2.45, 2.75) is 44.6 Å². The number of rotatable bonds is 3. The van der Waals surface area contributed by atoms with Crippen LogP contribution in [0.15, 0.2) is 22.6 Å². The molecule has 124 valence electrons. The van der Waals surface area contributed by atoms with E-state index in [2.05, 4.69) is 61.4 Å². The van der Waals surface area contributed by atoms with Crippen molar-refractivity contribution in [2.24, 2.45) is 5.92 Å². The van der Waals surface area contributed by atoms with Gasteiger partial charge in [0.1, 0.15) is 5.82 Å². The van der Waals surface area contributed by atoms with Crippen LogP contribution in [0, 0.1) is 5.92 Å². The molecule has 5 rings (SSSR count). The molecule has 3 fully saturated rings. The zero-order chi connectivity index (χ0) is 16.0. The lowest BCUT2D eigenvalue weighted by Gasteiger charge is -2.52. The van der Waals surface area contributed by atoms with Gasteiger partial charge in [-0.2, -0.15) is 0 Å². The maximum atomic E-state index is 4.66. The van der Waals surface area contributed by atoms with Crippen LogP contribution in [0.4, 0.5) is 5.95 Å². The molecule has 0 aliphatic carbocycles. The Hall–Kier alpha value is -1.14. The van der Waals surface area contributed by atoms with E-state index < -0.39 is 0 Å². The number of aromatic nitrogens is 2. The van der Waals surface area contributed by atoms with Gasteiger partial charge in [0.15, 0.2) is 0 Å². The molecule has 4 aliphatic rings. The molecule has 0 unspecified atom stereocenters. The summed E-state index contributed by atoms with van der Waals surface area (Å²) in [6.45, 7) is 7.99. The van der Waals surface area contributed by atoms with E-state index in [1.54, 1.807) is 0 Å². The number of fused-ring (bicyclic) bond motifs is 2. The quantitative estimate of drug-likeness (QED) is 0.847. The van der Waals surface area contributed by atoms with Crippen LogP contribution in [0.3, 0.4) is 0 Å². The van der Waals surface area contributed by atoms with Crippen molar-refractivity contribution in [1.29, 1.82) is 0 Å². The third-order valence-corrected chi connectivity index (χ3v) is 6.10. The first-order chi connectivity index (χ1) is 11.1. The monoisotopic (exact) mass is 377 g/mol. The molecule has 0 aromatic carbocycles. The molecule has 1 atom stereocenters. The van der Waals surface area contributed by atoms with Gasteiger partial charge in [0, 0.05) is 12.7 Å². The molecule has 1 aromatic rings. The Morgan fingerprint density at radius 1 is 1.39 bits per heavy atom. The van der Waals surface area contributed by atoms with Crippen molar-refractivity contribution in [3.63, 3.8) is 0 Å². The van der Waals surface area contributed by atoms with E-state index in [9.17, 15) is 0 Å². The van der Waals surface area contributed by atoms with Crippen molar-refractivity contribution in [3.8, 4) is 0 Å². The van der Waals surface area contributed by atoms with Crippen molar-refractivity contribution >= 4 is 21.9 Å². The Balaban J connectivity index is 1.48. The average molecular weight is 378 g/mol. The summed E-state index contributed by atoms with van der Waals surface area (Å²) < 4.78 is 0.972. The molecule has 5 heterocycles. The summed E-state index contributed by atoms with van der Waals surface area (Å²) in [5.41, 5.74) is 1.27. The van der Waals surface area contributed by atoms with Crippen LogP contribution in [0.2, 0.25) is 0 Å². The van der Waals surface area contributed by atoms with Gasteiger partial charge in [-0.25, -0.2) is 9.97 Å². The van der Waals surface area contributed by atoms with Gasteiger partial charge in [0.05, 0.1) is 15.7 Å². The Labute approximate surface area is 146 Å². The van der Waals surface area contributed by atoms with Crippen molar-refractivity contribution in [3.05, 3.63) is 28.3 Å². The number of anilines is 1. The number of hydrogen-bond acceptors (Lipinski definition) is 5. The topological polar surface area (TPSA) is 53.1 Å². The normalized spacial score (nSPS) is 32.3. The number of piperidine rings is 3. The van der Waals surface area contributed by atoms with E-state index in [0.29, 0.717) is 11.9 Å². The Bertz CT molecular complexity index is 636. The highest BCUT2D eigenvalue weighted by molar-refractivity contribution is 9.10. The largest absolute Gasteiger partial charge is 0.364 e. The average Bonchev–Trinajstić information content (AvgIpc) is 2.92. The molecule has 2 N–H and O–H groups in total. The smallest absolute Gasteiger partial charge is 0.228 e. The molecule has 3 saturated heterocycles. The predicted molar refractivity (Wildman–Crippen MR) is 95.2 cm³/mol. The fourth-order valence-corrected chi connectivity index (χ4v) is 4.90. The van der Waals surface area contributed by atoms with E-state index in [0.717, 1.165) is 34.9 Å². The highest BCUT2D eigenvalue weighted by Gasteiger charge is 2.48. The first-order valence-electron chi connectivity index (χ1n) is 8.56. The van der Waals surface area contributed by atoms with E-state index >= 15 is 0 Å². The molecule has 6 heteroatoms. The van der Waals surface area contributed by atoms with Crippen LogP contribution < -0.4 is 10.6 Å². The minimum atomic E-state index is 0.231. The highest BCUT2D eigenvalue weighted by Crippen LogP contribution is 2.41. The molecular weight excluding hydrogens is 354 g/mol. The minimum Gasteiger partial charge on any atom is -0.364 e. The van der Waals surface area contributed by atoms with Gasteiger partial charge in [-0.05, 0) is 66.2 Å². The maximum Gasteiger partial charge on any atom is 0.228 e. The highest BCUT2D eigenvalue weighted by atomic mass is 79.9. The SMILES string of the molecule is CC(C)c1nc(NC2=CC[C@@]3(CN4CCC3CC4)N2)ncc1Br. The fraction of sp³-hybridized carbons (Fsp3) is 0.647. The number of nitrogens with zero attached hydrogens (tertiary/aromatic N) is 3. The lowest BCUT2D eigenvalue weighted by Crippen LogP contribution is -2.64. The molecule has 1 spiro atoms. The Kier molecular flexibility index (Phi) is 3.84. The van der Waals surface area contributed by atoms with Gasteiger partial charge >= 0.3 is 0 Å². The lowest BCUT2D eigenvalue weighted by molar-refractivity contribution is 0.0189. The molecule has 0 saturated carbocycles. The second-order valence-electron chi connectivity index (χ2n) is 7.36. The van der Waals surface area contributed by atoms with Crippen LogP contribution in [0.25, 0.3) is 0 Å². The van der Waals surface area contributed by atoms with Gasteiger partial charge in [-0.1, -0.05) is 13.8 Å². The molecule has 2 bridgehead atoms. The van der Waals surface area contributed by atoms with Crippen LogP contribution in [-0.2, 0) is 0 Å².